The molecule has 0 spiro atoms. The van der Waals surface area contributed by atoms with E-state index in [-0.39, 0.29) is 11.6 Å². The molecule has 1 aliphatic heterocycles. The van der Waals surface area contributed by atoms with Gasteiger partial charge in [-0.05, 0) is 73.9 Å². The molecule has 3 aromatic carbocycles. The number of rotatable bonds is 7. The van der Waals surface area contributed by atoms with E-state index >= 15 is 0 Å². The van der Waals surface area contributed by atoms with E-state index in [4.69, 9.17) is 9.47 Å². The topological polar surface area (TPSA) is 67.9 Å². The van der Waals surface area contributed by atoms with Crippen molar-refractivity contribution in [2.75, 3.05) is 23.9 Å². The molecule has 33 heavy (non-hydrogen) atoms. The average molecular weight is 443 g/mol. The molecular weight excluding hydrogens is 416 g/mol. The molecule has 0 saturated carbocycles. The SMILES string of the molecule is CCOc1cccc(N2C(=O)C(Nc3ccc(OC)cc3)=C(c3ccc(C)c(C)c3)C2=O)c1. The number of aryl methyl sites for hydroxylation is 2. The third-order valence-corrected chi connectivity index (χ3v) is 5.63. The van der Waals surface area contributed by atoms with E-state index in [0.717, 1.165) is 11.1 Å². The molecule has 0 atom stereocenters. The van der Waals surface area contributed by atoms with Gasteiger partial charge in [-0.3, -0.25) is 9.59 Å². The zero-order chi connectivity index (χ0) is 23.5. The van der Waals surface area contributed by atoms with Crippen LogP contribution in [0.25, 0.3) is 5.57 Å². The van der Waals surface area contributed by atoms with Crippen LogP contribution in [0.4, 0.5) is 11.4 Å². The van der Waals surface area contributed by atoms with Crippen molar-refractivity contribution < 1.29 is 19.1 Å². The zero-order valence-electron chi connectivity index (χ0n) is 19.1. The zero-order valence-corrected chi connectivity index (χ0v) is 19.1. The van der Waals surface area contributed by atoms with Crippen LogP contribution in [-0.2, 0) is 9.59 Å². The van der Waals surface area contributed by atoms with Crippen LogP contribution in [-0.4, -0.2) is 25.5 Å². The Morgan fingerprint density at radius 3 is 2.27 bits per heavy atom. The minimum absolute atomic E-state index is 0.232. The van der Waals surface area contributed by atoms with Gasteiger partial charge in [0.25, 0.3) is 11.8 Å². The standard InChI is InChI=1S/C27H26N2O4/c1-5-33-23-8-6-7-21(16-23)29-26(30)24(19-10-9-17(2)18(3)15-19)25(27(29)31)28-20-11-13-22(32-4)14-12-20/h6-16,28H,5H2,1-4H3. The summed E-state index contributed by atoms with van der Waals surface area (Å²) < 4.78 is 10.8. The lowest BCUT2D eigenvalue weighted by Crippen LogP contribution is -2.32. The summed E-state index contributed by atoms with van der Waals surface area (Å²) in [7, 11) is 1.59. The number of benzene rings is 3. The van der Waals surface area contributed by atoms with Crippen molar-refractivity contribution in [2.24, 2.45) is 0 Å². The number of anilines is 2. The number of nitrogens with one attached hydrogen (secondary N) is 1. The van der Waals surface area contributed by atoms with Crippen LogP contribution in [0.5, 0.6) is 11.5 Å². The maximum Gasteiger partial charge on any atom is 0.282 e. The molecule has 0 bridgehead atoms. The molecule has 0 radical (unpaired) electrons. The predicted molar refractivity (Wildman–Crippen MR) is 130 cm³/mol. The molecule has 6 nitrogen and oxygen atoms in total. The van der Waals surface area contributed by atoms with Gasteiger partial charge in [0.2, 0.25) is 0 Å². The van der Waals surface area contributed by atoms with Gasteiger partial charge >= 0.3 is 0 Å². The Balaban J connectivity index is 1.80. The highest BCUT2D eigenvalue weighted by Gasteiger charge is 2.40. The summed E-state index contributed by atoms with van der Waals surface area (Å²) in [5, 5.41) is 3.18. The lowest BCUT2D eigenvalue weighted by Gasteiger charge is -2.16. The molecule has 2 amide bonds. The molecule has 0 saturated heterocycles. The van der Waals surface area contributed by atoms with Crippen molar-refractivity contribution in [3.05, 3.63) is 89.1 Å². The lowest BCUT2D eigenvalue weighted by atomic mass is 9.99. The predicted octanol–water partition coefficient (Wildman–Crippen LogP) is 5.11. The Kier molecular flexibility index (Phi) is 6.18. The van der Waals surface area contributed by atoms with Crippen molar-refractivity contribution in [1.82, 2.24) is 0 Å². The van der Waals surface area contributed by atoms with Crippen LogP contribution in [0.15, 0.2) is 72.4 Å². The molecule has 1 N–H and O–H groups in total. The smallest absolute Gasteiger partial charge is 0.282 e. The summed E-state index contributed by atoms with van der Waals surface area (Å²) in [6, 6.07) is 20.0. The molecule has 4 rings (SSSR count). The number of carbonyl (C=O) groups excluding carboxylic acids is 2. The van der Waals surface area contributed by atoms with Crippen molar-refractivity contribution in [1.29, 1.82) is 0 Å². The number of ether oxygens (including phenoxy) is 2. The van der Waals surface area contributed by atoms with Crippen LogP contribution in [0.3, 0.4) is 0 Å². The molecule has 168 valence electrons. The number of hydrogen-bond donors (Lipinski definition) is 1. The molecular formula is C27H26N2O4. The van der Waals surface area contributed by atoms with Gasteiger partial charge < -0.3 is 14.8 Å². The van der Waals surface area contributed by atoms with Gasteiger partial charge in [0.1, 0.15) is 17.2 Å². The Bertz CT molecular complexity index is 1250. The average Bonchev–Trinajstić information content (AvgIpc) is 3.06. The van der Waals surface area contributed by atoms with Crippen molar-refractivity contribution in [3.63, 3.8) is 0 Å². The first-order valence-electron chi connectivity index (χ1n) is 10.8. The van der Waals surface area contributed by atoms with Gasteiger partial charge in [-0.1, -0.05) is 24.3 Å². The van der Waals surface area contributed by atoms with Crippen molar-refractivity contribution >= 4 is 28.8 Å². The largest absolute Gasteiger partial charge is 0.497 e. The fraction of sp³-hybridized carbons (Fsp3) is 0.185. The number of methoxy groups -OCH3 is 1. The summed E-state index contributed by atoms with van der Waals surface area (Å²) >= 11 is 0. The van der Waals surface area contributed by atoms with Gasteiger partial charge in [-0.2, -0.15) is 0 Å². The highest BCUT2D eigenvalue weighted by molar-refractivity contribution is 6.46. The molecule has 0 aromatic heterocycles. The van der Waals surface area contributed by atoms with Gasteiger partial charge in [0.05, 0.1) is 25.0 Å². The normalized spacial score (nSPS) is 13.5. The molecule has 6 heteroatoms. The third-order valence-electron chi connectivity index (χ3n) is 5.63. The van der Waals surface area contributed by atoms with Gasteiger partial charge in [0.15, 0.2) is 0 Å². The monoisotopic (exact) mass is 442 g/mol. The maximum absolute atomic E-state index is 13.6. The highest BCUT2D eigenvalue weighted by atomic mass is 16.5. The Morgan fingerprint density at radius 1 is 0.848 bits per heavy atom. The van der Waals surface area contributed by atoms with Crippen LogP contribution in [0.1, 0.15) is 23.6 Å². The van der Waals surface area contributed by atoms with E-state index in [1.807, 2.05) is 39.0 Å². The van der Waals surface area contributed by atoms with E-state index in [0.29, 0.717) is 40.6 Å². The van der Waals surface area contributed by atoms with E-state index < -0.39 is 5.91 Å². The van der Waals surface area contributed by atoms with Gasteiger partial charge in [-0.15, -0.1) is 0 Å². The maximum atomic E-state index is 13.6. The molecule has 3 aromatic rings. The minimum Gasteiger partial charge on any atom is -0.497 e. The number of imide groups is 1. The molecule has 0 aliphatic carbocycles. The van der Waals surface area contributed by atoms with Crippen LogP contribution >= 0.6 is 0 Å². The highest BCUT2D eigenvalue weighted by Crippen LogP contribution is 2.35. The summed E-state index contributed by atoms with van der Waals surface area (Å²) in [6.07, 6.45) is 0. The first kappa shape index (κ1) is 22.1. The van der Waals surface area contributed by atoms with Crippen LogP contribution < -0.4 is 19.7 Å². The van der Waals surface area contributed by atoms with E-state index in [1.165, 1.54) is 4.90 Å². The first-order valence-corrected chi connectivity index (χ1v) is 10.8. The van der Waals surface area contributed by atoms with Crippen LogP contribution in [0, 0.1) is 13.8 Å². The molecule has 1 heterocycles. The number of amides is 2. The van der Waals surface area contributed by atoms with Gasteiger partial charge in [0, 0.05) is 11.8 Å². The minimum atomic E-state index is -0.419. The summed E-state index contributed by atoms with van der Waals surface area (Å²) in [6.45, 7) is 6.37. The van der Waals surface area contributed by atoms with Crippen molar-refractivity contribution in [3.8, 4) is 11.5 Å². The summed E-state index contributed by atoms with van der Waals surface area (Å²) in [5.74, 6) is 0.498. The second-order valence-electron chi connectivity index (χ2n) is 7.78. The van der Waals surface area contributed by atoms with E-state index in [2.05, 4.69) is 5.32 Å². The Morgan fingerprint density at radius 2 is 1.61 bits per heavy atom. The lowest BCUT2D eigenvalue weighted by molar-refractivity contribution is -0.120. The fourth-order valence-corrected chi connectivity index (χ4v) is 3.74. The second-order valence-corrected chi connectivity index (χ2v) is 7.78. The Hall–Kier alpha value is -4.06. The van der Waals surface area contributed by atoms with Crippen molar-refractivity contribution in [2.45, 2.75) is 20.8 Å². The first-order chi connectivity index (χ1) is 15.9. The van der Waals surface area contributed by atoms with Gasteiger partial charge in [-0.25, -0.2) is 4.90 Å². The summed E-state index contributed by atoms with van der Waals surface area (Å²) in [5.41, 5.74) is 4.55. The molecule has 1 aliphatic rings. The fourth-order valence-electron chi connectivity index (χ4n) is 3.74. The van der Waals surface area contributed by atoms with E-state index in [1.54, 1.807) is 55.6 Å². The second kappa shape index (κ2) is 9.20. The number of hydrogen-bond acceptors (Lipinski definition) is 5. The quantitative estimate of drug-likeness (QED) is 0.515. The number of nitrogens with zero attached hydrogens (tertiary/aromatic N) is 1. The third kappa shape index (κ3) is 4.32. The number of carbonyl (C=O) groups is 2. The summed E-state index contributed by atoms with van der Waals surface area (Å²) in [4.78, 5) is 28.4. The van der Waals surface area contributed by atoms with E-state index in [9.17, 15) is 9.59 Å². The molecule has 0 unspecified atom stereocenters. The van der Waals surface area contributed by atoms with Crippen LogP contribution in [0.2, 0.25) is 0 Å². The Labute approximate surface area is 193 Å². The molecule has 0 fully saturated rings.